The molecule has 0 radical (unpaired) electrons. The Morgan fingerprint density at radius 3 is 2.26 bits per heavy atom. The van der Waals surface area contributed by atoms with E-state index in [2.05, 4.69) is 20.1 Å². The van der Waals surface area contributed by atoms with Gasteiger partial charge in [0.25, 0.3) is 0 Å². The number of hydrogen-bond acceptors (Lipinski definition) is 6. The Morgan fingerprint density at radius 1 is 1.04 bits per heavy atom. The number of amides is 2. The van der Waals surface area contributed by atoms with E-state index in [4.69, 9.17) is 0 Å². The molecule has 27 heavy (non-hydrogen) atoms. The highest BCUT2D eigenvalue weighted by Crippen LogP contribution is 2.10. The number of carbonyl (C=O) groups is 4. The fraction of sp³-hybridized carbons (Fsp3) is 0.444. The Morgan fingerprint density at radius 2 is 1.70 bits per heavy atom. The highest BCUT2D eigenvalue weighted by molar-refractivity contribution is 5.90. The summed E-state index contributed by atoms with van der Waals surface area (Å²) in [7, 11) is 2.35. The monoisotopic (exact) mass is 382 g/mol. The highest BCUT2D eigenvalue weighted by atomic mass is 19.1. The van der Waals surface area contributed by atoms with Crippen LogP contribution in [-0.4, -0.2) is 50.1 Å². The van der Waals surface area contributed by atoms with E-state index in [0.717, 1.165) is 7.11 Å². The van der Waals surface area contributed by atoms with Crippen LogP contribution in [0.4, 0.5) is 4.39 Å². The Kier molecular flexibility index (Phi) is 8.91. The molecule has 8 nitrogen and oxygen atoms in total. The van der Waals surface area contributed by atoms with Crippen molar-refractivity contribution in [1.29, 1.82) is 0 Å². The van der Waals surface area contributed by atoms with E-state index >= 15 is 0 Å². The van der Waals surface area contributed by atoms with Crippen molar-refractivity contribution in [2.75, 3.05) is 14.2 Å². The molecule has 0 heterocycles. The van der Waals surface area contributed by atoms with Crippen LogP contribution >= 0.6 is 0 Å². The third-order valence-electron chi connectivity index (χ3n) is 3.74. The van der Waals surface area contributed by atoms with Gasteiger partial charge in [-0.25, -0.2) is 9.18 Å². The van der Waals surface area contributed by atoms with Gasteiger partial charge in [0.15, 0.2) is 0 Å². The van der Waals surface area contributed by atoms with Gasteiger partial charge in [0, 0.05) is 19.8 Å². The number of ether oxygens (including phenoxy) is 2. The molecule has 2 atom stereocenters. The number of nitrogens with one attached hydrogen (secondary N) is 2. The topological polar surface area (TPSA) is 111 Å². The first-order chi connectivity index (χ1) is 12.8. The summed E-state index contributed by atoms with van der Waals surface area (Å²) in [6.45, 7) is 1.22. The molecular formula is C18H23FN2O6. The fourth-order valence-electron chi connectivity index (χ4n) is 2.37. The van der Waals surface area contributed by atoms with Crippen molar-refractivity contribution in [3.63, 3.8) is 0 Å². The summed E-state index contributed by atoms with van der Waals surface area (Å²) in [5, 5.41) is 4.87. The van der Waals surface area contributed by atoms with E-state index < -0.39 is 41.7 Å². The molecule has 148 valence electrons. The van der Waals surface area contributed by atoms with Crippen molar-refractivity contribution in [2.45, 2.75) is 38.3 Å². The maximum Gasteiger partial charge on any atom is 0.328 e. The normalized spacial score (nSPS) is 12.4. The van der Waals surface area contributed by atoms with Crippen LogP contribution in [0.1, 0.15) is 25.3 Å². The maximum atomic E-state index is 13.9. The van der Waals surface area contributed by atoms with Crippen LogP contribution in [0.3, 0.4) is 0 Å². The number of carbonyl (C=O) groups excluding carboxylic acids is 4. The third kappa shape index (κ3) is 7.43. The highest BCUT2D eigenvalue weighted by Gasteiger charge is 2.28. The van der Waals surface area contributed by atoms with E-state index in [1.165, 1.54) is 32.2 Å². The lowest BCUT2D eigenvalue weighted by atomic mass is 10.0. The molecule has 9 heteroatoms. The zero-order valence-corrected chi connectivity index (χ0v) is 15.4. The summed E-state index contributed by atoms with van der Waals surface area (Å²) in [6, 6.07) is 3.63. The molecule has 0 aliphatic carbocycles. The molecule has 0 saturated carbocycles. The average Bonchev–Trinajstić information content (AvgIpc) is 2.64. The van der Waals surface area contributed by atoms with Gasteiger partial charge < -0.3 is 20.1 Å². The Bertz CT molecular complexity index is 694. The first kappa shape index (κ1) is 22.1. The molecule has 2 amide bonds. The number of benzene rings is 1. The van der Waals surface area contributed by atoms with Gasteiger partial charge in [0.2, 0.25) is 11.8 Å². The molecule has 2 N–H and O–H groups in total. The van der Waals surface area contributed by atoms with Gasteiger partial charge in [-0.2, -0.15) is 0 Å². The smallest absolute Gasteiger partial charge is 0.328 e. The second-order valence-corrected chi connectivity index (χ2v) is 5.75. The molecule has 1 aromatic rings. The van der Waals surface area contributed by atoms with E-state index in [1.807, 2.05) is 0 Å². The van der Waals surface area contributed by atoms with E-state index in [-0.39, 0.29) is 24.8 Å². The summed E-state index contributed by atoms with van der Waals surface area (Å²) in [4.78, 5) is 47.1. The standard InChI is InChI=1S/C18H23FN2O6/c1-11(22)20-15(10-12-6-4-5-7-13(12)19)17(24)21-14(18(25)27-3)8-9-16(23)26-2/h4-7,14-15H,8-10H2,1-3H3,(H,20,22)(H,21,24)/t14-,15+/m0/s1. The minimum Gasteiger partial charge on any atom is -0.469 e. The molecule has 0 unspecified atom stereocenters. The number of halogens is 1. The SMILES string of the molecule is COC(=O)CC[C@H](NC(=O)[C@@H](Cc1ccccc1F)NC(C)=O)C(=O)OC. The van der Waals surface area contributed by atoms with Crippen molar-refractivity contribution >= 4 is 23.8 Å². The molecule has 0 aliphatic heterocycles. The molecular weight excluding hydrogens is 359 g/mol. The van der Waals surface area contributed by atoms with Crippen LogP contribution in [0.5, 0.6) is 0 Å². The predicted octanol–water partition coefficient (Wildman–Crippen LogP) is 0.484. The molecule has 0 aromatic heterocycles. The Labute approximate surface area is 156 Å². The molecule has 0 aliphatic rings. The summed E-state index contributed by atoms with van der Waals surface area (Å²) >= 11 is 0. The van der Waals surface area contributed by atoms with Crippen LogP contribution in [0.25, 0.3) is 0 Å². The molecule has 1 rings (SSSR count). The number of methoxy groups -OCH3 is 2. The fourth-order valence-corrected chi connectivity index (χ4v) is 2.37. The van der Waals surface area contributed by atoms with E-state index in [9.17, 15) is 23.6 Å². The number of rotatable bonds is 9. The first-order valence-corrected chi connectivity index (χ1v) is 8.24. The van der Waals surface area contributed by atoms with Gasteiger partial charge in [-0.3, -0.25) is 14.4 Å². The third-order valence-corrected chi connectivity index (χ3v) is 3.74. The van der Waals surface area contributed by atoms with Gasteiger partial charge in [0.05, 0.1) is 14.2 Å². The maximum absolute atomic E-state index is 13.9. The molecule has 0 bridgehead atoms. The molecule has 1 aromatic carbocycles. The number of hydrogen-bond donors (Lipinski definition) is 2. The van der Waals surface area contributed by atoms with E-state index in [1.54, 1.807) is 6.07 Å². The van der Waals surface area contributed by atoms with Gasteiger partial charge in [-0.1, -0.05) is 18.2 Å². The van der Waals surface area contributed by atoms with Gasteiger partial charge in [-0.05, 0) is 18.1 Å². The summed E-state index contributed by atoms with van der Waals surface area (Å²) in [5.41, 5.74) is 0.232. The van der Waals surface area contributed by atoms with Crippen molar-refractivity contribution < 1.29 is 33.0 Å². The Hall–Kier alpha value is -2.97. The summed E-state index contributed by atoms with van der Waals surface area (Å²) in [5.74, 6) is -3.01. The van der Waals surface area contributed by atoms with Crippen LogP contribution in [0, 0.1) is 5.82 Å². The second kappa shape index (κ2) is 10.9. The van der Waals surface area contributed by atoms with Crippen molar-refractivity contribution in [1.82, 2.24) is 10.6 Å². The number of esters is 2. The van der Waals surface area contributed by atoms with E-state index in [0.29, 0.717) is 0 Å². The Balaban J connectivity index is 2.90. The van der Waals surface area contributed by atoms with Gasteiger partial charge >= 0.3 is 11.9 Å². The molecule has 0 fully saturated rings. The molecule has 0 saturated heterocycles. The van der Waals surface area contributed by atoms with Gasteiger partial charge in [0.1, 0.15) is 17.9 Å². The summed E-state index contributed by atoms with van der Waals surface area (Å²) < 4.78 is 23.0. The zero-order valence-electron chi connectivity index (χ0n) is 15.4. The van der Waals surface area contributed by atoms with Crippen molar-refractivity contribution in [2.24, 2.45) is 0 Å². The van der Waals surface area contributed by atoms with Crippen LogP contribution in [0.2, 0.25) is 0 Å². The lowest BCUT2D eigenvalue weighted by molar-refractivity contribution is -0.146. The second-order valence-electron chi connectivity index (χ2n) is 5.75. The average molecular weight is 382 g/mol. The lowest BCUT2D eigenvalue weighted by Crippen LogP contribution is -2.52. The van der Waals surface area contributed by atoms with Crippen molar-refractivity contribution in [3.8, 4) is 0 Å². The quantitative estimate of drug-likeness (QED) is 0.601. The minimum absolute atomic E-state index is 0.0441. The van der Waals surface area contributed by atoms with Crippen molar-refractivity contribution in [3.05, 3.63) is 35.6 Å². The predicted molar refractivity (Wildman–Crippen MR) is 92.9 cm³/mol. The minimum atomic E-state index is -1.11. The molecule has 0 spiro atoms. The lowest BCUT2D eigenvalue weighted by Gasteiger charge is -2.22. The van der Waals surface area contributed by atoms with Crippen LogP contribution in [0.15, 0.2) is 24.3 Å². The van der Waals surface area contributed by atoms with Crippen LogP contribution < -0.4 is 10.6 Å². The summed E-state index contributed by atoms with van der Waals surface area (Å²) in [6.07, 6.45) is -0.269. The largest absolute Gasteiger partial charge is 0.469 e. The van der Waals surface area contributed by atoms with Gasteiger partial charge in [-0.15, -0.1) is 0 Å². The zero-order chi connectivity index (χ0) is 20.4. The first-order valence-electron chi connectivity index (χ1n) is 8.24. The van der Waals surface area contributed by atoms with Crippen LogP contribution in [-0.2, 0) is 35.1 Å².